The molecule has 0 unspecified atom stereocenters. The van der Waals surface area contributed by atoms with E-state index in [2.05, 4.69) is 6.92 Å². The van der Waals surface area contributed by atoms with Gasteiger partial charge in [0.05, 0.1) is 0 Å². The number of carbonyl (C=O) groups excluding carboxylic acids is 4. The van der Waals surface area contributed by atoms with Gasteiger partial charge in [0.15, 0.2) is 18.3 Å². The predicted octanol–water partition coefficient (Wildman–Crippen LogP) is 1.67. The van der Waals surface area contributed by atoms with E-state index in [-0.39, 0.29) is 6.61 Å². The molecule has 9 nitrogen and oxygen atoms in total. The SMILES string of the molecule is [CH2]c1ccc([C@@H]2O[C@H](COC(C)=O)[C@H](OC(C)=O)[C@H](OC(C)=O)[C@H]2OC(C)=O)cc1. The number of benzene rings is 1. The second-order valence-corrected chi connectivity index (χ2v) is 6.86. The minimum absolute atomic E-state index is 0.262. The maximum absolute atomic E-state index is 11.8. The molecule has 1 aliphatic heterocycles. The van der Waals surface area contributed by atoms with Crippen LogP contribution in [0.4, 0.5) is 0 Å². The van der Waals surface area contributed by atoms with Crippen LogP contribution in [0.25, 0.3) is 0 Å². The van der Waals surface area contributed by atoms with Gasteiger partial charge in [0.1, 0.15) is 18.8 Å². The summed E-state index contributed by atoms with van der Waals surface area (Å²) >= 11 is 0. The van der Waals surface area contributed by atoms with Crippen molar-refractivity contribution < 1.29 is 42.9 Å². The van der Waals surface area contributed by atoms with Gasteiger partial charge in [-0.15, -0.1) is 0 Å². The Labute approximate surface area is 174 Å². The summed E-state index contributed by atoms with van der Waals surface area (Å²) in [5.74, 6) is -2.55. The molecular weight excluding hydrogens is 396 g/mol. The summed E-state index contributed by atoms with van der Waals surface area (Å²) in [6.07, 6.45) is -5.32. The summed E-state index contributed by atoms with van der Waals surface area (Å²) in [7, 11) is 0. The summed E-state index contributed by atoms with van der Waals surface area (Å²) in [4.78, 5) is 46.6. The van der Waals surface area contributed by atoms with Crippen LogP contribution >= 0.6 is 0 Å². The molecule has 2 rings (SSSR count). The average Bonchev–Trinajstić information content (AvgIpc) is 2.63. The van der Waals surface area contributed by atoms with E-state index in [4.69, 9.17) is 23.7 Å². The van der Waals surface area contributed by atoms with Crippen molar-refractivity contribution in [2.24, 2.45) is 0 Å². The highest BCUT2D eigenvalue weighted by molar-refractivity contribution is 5.68. The molecule has 0 bridgehead atoms. The van der Waals surface area contributed by atoms with Crippen molar-refractivity contribution >= 4 is 23.9 Å². The zero-order valence-corrected chi connectivity index (χ0v) is 17.3. The Morgan fingerprint density at radius 3 is 1.80 bits per heavy atom. The van der Waals surface area contributed by atoms with Gasteiger partial charge in [0, 0.05) is 27.7 Å². The molecule has 1 saturated heterocycles. The standard InChI is InChI=1S/C21H25O9/c1-11-6-8-16(9-7-11)18-20(28-14(4)24)21(29-15(5)25)19(27-13(3)23)17(30-18)10-26-12(2)22/h6-9,17-21H,1,10H2,2-5H3/t17-,18+,19+,20+,21+/m1/s1. The Bertz CT molecular complexity index is 786. The van der Waals surface area contributed by atoms with Gasteiger partial charge >= 0.3 is 23.9 Å². The number of ether oxygens (including phenoxy) is 5. The van der Waals surface area contributed by atoms with Crippen LogP contribution in [0, 0.1) is 6.92 Å². The molecule has 1 aromatic rings. The minimum atomic E-state index is -1.19. The Morgan fingerprint density at radius 1 is 0.800 bits per heavy atom. The van der Waals surface area contributed by atoms with Gasteiger partial charge in [0.2, 0.25) is 0 Å². The van der Waals surface area contributed by atoms with Gasteiger partial charge in [-0.25, -0.2) is 0 Å². The molecule has 1 aliphatic rings. The van der Waals surface area contributed by atoms with Gasteiger partial charge < -0.3 is 23.7 Å². The number of hydrogen-bond donors (Lipinski definition) is 0. The molecule has 0 N–H and O–H groups in total. The third kappa shape index (κ3) is 6.28. The van der Waals surface area contributed by atoms with Crippen molar-refractivity contribution in [3.8, 4) is 0 Å². The van der Waals surface area contributed by atoms with Crippen molar-refractivity contribution in [1.29, 1.82) is 0 Å². The molecule has 30 heavy (non-hydrogen) atoms. The second kappa shape index (κ2) is 10.2. The number of rotatable bonds is 6. The van der Waals surface area contributed by atoms with E-state index < -0.39 is 54.4 Å². The van der Waals surface area contributed by atoms with Gasteiger partial charge in [-0.05, 0) is 18.1 Å². The molecular formula is C21H25O9. The molecule has 1 fully saturated rings. The largest absolute Gasteiger partial charge is 0.463 e. The molecule has 0 saturated carbocycles. The fourth-order valence-corrected chi connectivity index (χ4v) is 3.20. The van der Waals surface area contributed by atoms with E-state index in [0.29, 0.717) is 5.56 Å². The van der Waals surface area contributed by atoms with Crippen molar-refractivity contribution in [3.05, 3.63) is 42.3 Å². The van der Waals surface area contributed by atoms with Crippen LogP contribution in [0.1, 0.15) is 44.9 Å². The zero-order chi connectivity index (χ0) is 22.4. The molecule has 0 aromatic heterocycles. The summed E-state index contributed by atoms with van der Waals surface area (Å²) in [6.45, 7) is 8.34. The van der Waals surface area contributed by atoms with Crippen LogP contribution < -0.4 is 0 Å². The van der Waals surface area contributed by atoms with Crippen molar-refractivity contribution in [1.82, 2.24) is 0 Å². The molecule has 9 heteroatoms. The highest BCUT2D eigenvalue weighted by Crippen LogP contribution is 2.37. The number of esters is 4. The molecule has 0 spiro atoms. The van der Waals surface area contributed by atoms with E-state index in [1.165, 1.54) is 27.7 Å². The summed E-state index contributed by atoms with van der Waals surface area (Å²) in [5.41, 5.74) is 1.37. The third-order valence-electron chi connectivity index (χ3n) is 4.30. The van der Waals surface area contributed by atoms with Gasteiger partial charge in [-0.1, -0.05) is 24.3 Å². The third-order valence-corrected chi connectivity index (χ3v) is 4.30. The molecule has 0 amide bonds. The topological polar surface area (TPSA) is 114 Å². The van der Waals surface area contributed by atoms with Crippen LogP contribution in [0.2, 0.25) is 0 Å². The fourth-order valence-electron chi connectivity index (χ4n) is 3.20. The van der Waals surface area contributed by atoms with Crippen molar-refractivity contribution in [2.45, 2.75) is 58.2 Å². The van der Waals surface area contributed by atoms with E-state index in [9.17, 15) is 19.2 Å². The lowest BCUT2D eigenvalue weighted by atomic mass is 9.90. The first-order valence-corrected chi connectivity index (χ1v) is 9.31. The highest BCUT2D eigenvalue weighted by atomic mass is 16.7. The van der Waals surface area contributed by atoms with Crippen molar-refractivity contribution in [3.63, 3.8) is 0 Å². The van der Waals surface area contributed by atoms with Crippen LogP contribution in [0.5, 0.6) is 0 Å². The van der Waals surface area contributed by atoms with Crippen LogP contribution in [0.3, 0.4) is 0 Å². The fraction of sp³-hybridized carbons (Fsp3) is 0.476. The van der Waals surface area contributed by atoms with E-state index >= 15 is 0 Å². The van der Waals surface area contributed by atoms with Gasteiger partial charge in [-0.3, -0.25) is 19.2 Å². The van der Waals surface area contributed by atoms with E-state index in [1.807, 2.05) is 0 Å². The normalized spacial score (nSPS) is 25.7. The summed E-state index contributed by atoms with van der Waals surface area (Å²) in [5, 5.41) is 0. The minimum Gasteiger partial charge on any atom is -0.463 e. The predicted molar refractivity (Wildman–Crippen MR) is 102 cm³/mol. The monoisotopic (exact) mass is 421 g/mol. The lowest BCUT2D eigenvalue weighted by Gasteiger charge is -2.44. The van der Waals surface area contributed by atoms with Crippen LogP contribution in [-0.4, -0.2) is 54.9 Å². The summed E-state index contributed by atoms with van der Waals surface area (Å²) in [6, 6.07) is 6.93. The molecule has 0 aliphatic carbocycles. The van der Waals surface area contributed by atoms with E-state index in [1.54, 1.807) is 24.3 Å². The molecule has 163 valence electrons. The smallest absolute Gasteiger partial charge is 0.303 e. The maximum atomic E-state index is 11.8. The molecule has 1 radical (unpaired) electrons. The average molecular weight is 421 g/mol. The number of hydrogen-bond acceptors (Lipinski definition) is 9. The van der Waals surface area contributed by atoms with Gasteiger partial charge in [0.25, 0.3) is 0 Å². The second-order valence-electron chi connectivity index (χ2n) is 6.86. The summed E-state index contributed by atoms with van der Waals surface area (Å²) < 4.78 is 27.3. The van der Waals surface area contributed by atoms with Crippen molar-refractivity contribution in [2.75, 3.05) is 6.61 Å². The first-order chi connectivity index (χ1) is 14.1. The quantitative estimate of drug-likeness (QED) is 0.500. The lowest BCUT2D eigenvalue weighted by molar-refractivity contribution is -0.254. The van der Waals surface area contributed by atoms with E-state index in [0.717, 1.165) is 5.56 Å². The maximum Gasteiger partial charge on any atom is 0.303 e. The lowest BCUT2D eigenvalue weighted by Crippen LogP contribution is -2.59. The zero-order valence-electron chi connectivity index (χ0n) is 17.3. The Morgan fingerprint density at radius 2 is 1.30 bits per heavy atom. The Balaban J connectivity index is 2.51. The van der Waals surface area contributed by atoms with Gasteiger partial charge in [-0.2, -0.15) is 0 Å². The number of carbonyl (C=O) groups is 4. The first-order valence-electron chi connectivity index (χ1n) is 9.31. The molecule has 5 atom stereocenters. The Hall–Kier alpha value is -2.94. The van der Waals surface area contributed by atoms with Crippen LogP contribution in [0.15, 0.2) is 24.3 Å². The Kier molecular flexibility index (Phi) is 7.93. The van der Waals surface area contributed by atoms with Crippen LogP contribution in [-0.2, 0) is 42.9 Å². The molecule has 1 heterocycles. The first kappa shape index (κ1) is 23.3. The molecule has 1 aromatic carbocycles. The highest BCUT2D eigenvalue weighted by Gasteiger charge is 2.52.